The summed E-state index contributed by atoms with van der Waals surface area (Å²) in [5.74, 6) is -0.152. The van der Waals surface area contributed by atoms with E-state index in [1.54, 1.807) is 6.92 Å². The lowest BCUT2D eigenvalue weighted by atomic mass is 9.96. The quantitative estimate of drug-likeness (QED) is 0.482. The molecule has 1 aliphatic heterocycles. The average molecular weight is 453 g/mol. The van der Waals surface area contributed by atoms with E-state index in [2.05, 4.69) is 20.8 Å². The van der Waals surface area contributed by atoms with Gasteiger partial charge in [0.2, 0.25) is 11.8 Å². The van der Waals surface area contributed by atoms with E-state index in [4.69, 9.17) is 10.5 Å². The maximum atomic E-state index is 12.5. The minimum atomic E-state index is -0.548. The van der Waals surface area contributed by atoms with Crippen LogP contribution in [0.15, 0.2) is 5.16 Å². The molecule has 10 nitrogen and oxygen atoms in total. The van der Waals surface area contributed by atoms with Crippen molar-refractivity contribution >= 4 is 29.6 Å². The van der Waals surface area contributed by atoms with E-state index in [9.17, 15) is 14.4 Å². The van der Waals surface area contributed by atoms with Crippen LogP contribution in [0.25, 0.3) is 0 Å². The summed E-state index contributed by atoms with van der Waals surface area (Å²) in [6.45, 7) is 3.00. The first kappa shape index (κ1) is 23.5. The third kappa shape index (κ3) is 7.20. The van der Waals surface area contributed by atoms with Gasteiger partial charge in [-0.3, -0.25) is 14.9 Å². The van der Waals surface area contributed by atoms with Gasteiger partial charge in [-0.1, -0.05) is 31.0 Å². The molecule has 2 aliphatic rings. The fourth-order valence-electron chi connectivity index (χ4n) is 3.90. The number of hydrogen-bond acceptors (Lipinski definition) is 7. The Kier molecular flexibility index (Phi) is 8.70. The van der Waals surface area contributed by atoms with E-state index < -0.39 is 17.2 Å². The van der Waals surface area contributed by atoms with Gasteiger partial charge in [-0.15, -0.1) is 10.2 Å². The predicted octanol–water partition coefficient (Wildman–Crippen LogP) is 1.51. The molecule has 1 aromatic rings. The molecule has 0 aromatic carbocycles. The van der Waals surface area contributed by atoms with E-state index in [0.29, 0.717) is 23.9 Å². The Morgan fingerprint density at radius 3 is 2.65 bits per heavy atom. The average Bonchev–Trinajstić information content (AvgIpc) is 3.38. The number of thioether (sulfide) groups is 1. The zero-order chi connectivity index (χ0) is 22.2. The van der Waals surface area contributed by atoms with Crippen LogP contribution in [0.4, 0.5) is 4.79 Å². The van der Waals surface area contributed by atoms with Gasteiger partial charge in [-0.05, 0) is 32.6 Å². The minimum Gasteiger partial charge on any atom is -0.376 e. The Balaban J connectivity index is 1.59. The first-order valence-corrected chi connectivity index (χ1v) is 11.9. The number of rotatable bonds is 9. The van der Waals surface area contributed by atoms with Gasteiger partial charge in [0.1, 0.15) is 5.82 Å². The van der Waals surface area contributed by atoms with Crippen molar-refractivity contribution < 1.29 is 19.1 Å². The maximum Gasteiger partial charge on any atom is 0.321 e. The Hall–Kier alpha value is -2.14. The molecule has 2 unspecified atom stereocenters. The van der Waals surface area contributed by atoms with Crippen LogP contribution >= 0.6 is 11.8 Å². The number of urea groups is 1. The Bertz CT molecular complexity index is 774. The molecular weight excluding hydrogens is 420 g/mol. The zero-order valence-electron chi connectivity index (χ0n) is 18.0. The maximum absolute atomic E-state index is 12.5. The van der Waals surface area contributed by atoms with Crippen LogP contribution in [0, 0.1) is 0 Å². The van der Waals surface area contributed by atoms with E-state index in [-0.39, 0.29) is 24.5 Å². The third-order valence-corrected chi connectivity index (χ3v) is 6.71. The number of carbonyl (C=O) groups is 3. The Morgan fingerprint density at radius 2 is 1.97 bits per heavy atom. The van der Waals surface area contributed by atoms with Crippen molar-refractivity contribution in [1.82, 2.24) is 25.4 Å². The van der Waals surface area contributed by atoms with Gasteiger partial charge in [0.15, 0.2) is 5.16 Å². The van der Waals surface area contributed by atoms with Gasteiger partial charge in [0.05, 0.1) is 17.9 Å². The summed E-state index contributed by atoms with van der Waals surface area (Å²) in [6.07, 6.45) is 7.83. The first-order valence-electron chi connectivity index (χ1n) is 11.0. The number of nitrogens with zero attached hydrogens (tertiary/aromatic N) is 3. The molecule has 0 radical (unpaired) electrons. The fourth-order valence-corrected chi connectivity index (χ4v) is 4.77. The summed E-state index contributed by atoms with van der Waals surface area (Å²) in [4.78, 5) is 35.9. The molecule has 31 heavy (non-hydrogen) atoms. The molecule has 4 amide bonds. The molecule has 2 fully saturated rings. The second-order valence-electron chi connectivity index (χ2n) is 8.17. The lowest BCUT2D eigenvalue weighted by Gasteiger charge is -2.23. The van der Waals surface area contributed by atoms with Gasteiger partial charge in [0.25, 0.3) is 0 Å². The summed E-state index contributed by atoms with van der Waals surface area (Å²) in [5.41, 5.74) is 5.28. The van der Waals surface area contributed by atoms with E-state index in [1.807, 2.05) is 4.57 Å². The largest absolute Gasteiger partial charge is 0.376 e. The number of aryl methyl sites for hydroxylation is 1. The van der Waals surface area contributed by atoms with E-state index in [0.717, 1.165) is 45.1 Å². The lowest BCUT2D eigenvalue weighted by molar-refractivity contribution is -0.119. The molecule has 3 rings (SSSR count). The van der Waals surface area contributed by atoms with Crippen LogP contribution in [0.2, 0.25) is 0 Å². The summed E-state index contributed by atoms with van der Waals surface area (Å²) in [6, 6.07) is -0.320. The second kappa shape index (κ2) is 11.5. The molecule has 1 aromatic heterocycles. The molecular formula is C20H32N6O4S. The van der Waals surface area contributed by atoms with Crippen LogP contribution < -0.4 is 16.4 Å². The Morgan fingerprint density at radius 1 is 1.19 bits per heavy atom. The lowest BCUT2D eigenvalue weighted by Crippen LogP contribution is -2.47. The summed E-state index contributed by atoms with van der Waals surface area (Å²) in [7, 11) is 0. The van der Waals surface area contributed by atoms with E-state index in [1.165, 1.54) is 18.2 Å². The number of aromatic nitrogens is 3. The van der Waals surface area contributed by atoms with Crippen molar-refractivity contribution in [2.75, 3.05) is 6.61 Å². The number of primary amides is 1. The van der Waals surface area contributed by atoms with Crippen molar-refractivity contribution in [3.05, 3.63) is 5.82 Å². The van der Waals surface area contributed by atoms with Gasteiger partial charge in [-0.25, -0.2) is 4.79 Å². The second-order valence-corrected chi connectivity index (χ2v) is 9.48. The molecule has 0 spiro atoms. The van der Waals surface area contributed by atoms with Gasteiger partial charge in [0, 0.05) is 25.5 Å². The number of ether oxygens (including phenoxy) is 1. The van der Waals surface area contributed by atoms with Gasteiger partial charge < -0.3 is 20.4 Å². The topological polar surface area (TPSA) is 141 Å². The normalized spacial score (nSPS) is 20.4. The van der Waals surface area contributed by atoms with Gasteiger partial charge >= 0.3 is 6.03 Å². The molecule has 4 N–H and O–H groups in total. The molecule has 1 saturated heterocycles. The van der Waals surface area contributed by atoms with Crippen LogP contribution in [0.3, 0.4) is 0 Å². The minimum absolute atomic E-state index is 0.0491. The van der Waals surface area contributed by atoms with Crippen LogP contribution in [0.5, 0.6) is 0 Å². The summed E-state index contributed by atoms with van der Waals surface area (Å²) in [5, 5.41) is 13.7. The SMILES string of the molecule is CC(Sc1nnc(CCC(N)=O)n1CC1CCCO1)C(=O)NC(=O)NC1CCCCC1. The number of nitrogens with one attached hydrogen (secondary N) is 2. The predicted molar refractivity (Wildman–Crippen MR) is 115 cm³/mol. The highest BCUT2D eigenvalue weighted by Crippen LogP contribution is 2.25. The highest BCUT2D eigenvalue weighted by Gasteiger charge is 2.25. The number of hydrogen-bond donors (Lipinski definition) is 3. The molecule has 172 valence electrons. The number of imide groups is 1. The third-order valence-electron chi connectivity index (χ3n) is 5.63. The number of amides is 4. The van der Waals surface area contributed by atoms with Crippen molar-refractivity contribution in [3.63, 3.8) is 0 Å². The Labute approximate surface area is 186 Å². The van der Waals surface area contributed by atoms with Crippen LogP contribution in [0.1, 0.15) is 64.1 Å². The molecule has 1 aliphatic carbocycles. The van der Waals surface area contributed by atoms with Crippen LogP contribution in [-0.4, -0.2) is 56.6 Å². The summed E-state index contributed by atoms with van der Waals surface area (Å²) >= 11 is 1.23. The monoisotopic (exact) mass is 452 g/mol. The smallest absolute Gasteiger partial charge is 0.321 e. The number of nitrogens with two attached hydrogens (primary N) is 1. The van der Waals surface area contributed by atoms with Crippen molar-refractivity contribution in [3.8, 4) is 0 Å². The standard InChI is InChI=1S/C20H32N6O4S/c1-13(18(28)23-19(29)22-14-6-3-2-4-7-14)31-20-25-24-17(10-9-16(21)27)26(20)12-15-8-5-11-30-15/h13-15H,2-12H2,1H3,(H2,21,27)(H2,22,23,28,29). The highest BCUT2D eigenvalue weighted by molar-refractivity contribution is 8.00. The van der Waals surface area contributed by atoms with E-state index >= 15 is 0 Å². The number of carbonyl (C=O) groups excluding carboxylic acids is 3. The molecule has 11 heteroatoms. The van der Waals surface area contributed by atoms with Crippen molar-refractivity contribution in [1.29, 1.82) is 0 Å². The van der Waals surface area contributed by atoms with Crippen LogP contribution in [-0.2, 0) is 27.3 Å². The van der Waals surface area contributed by atoms with Crippen molar-refractivity contribution in [2.45, 2.75) is 93.8 Å². The fraction of sp³-hybridized carbons (Fsp3) is 0.750. The highest BCUT2D eigenvalue weighted by atomic mass is 32.2. The van der Waals surface area contributed by atoms with Crippen molar-refractivity contribution in [2.24, 2.45) is 5.73 Å². The van der Waals surface area contributed by atoms with Gasteiger partial charge in [-0.2, -0.15) is 0 Å². The molecule has 2 heterocycles. The first-order chi connectivity index (χ1) is 14.9. The zero-order valence-corrected chi connectivity index (χ0v) is 18.8. The summed E-state index contributed by atoms with van der Waals surface area (Å²) < 4.78 is 7.63. The molecule has 0 bridgehead atoms. The molecule has 1 saturated carbocycles. The molecule has 2 atom stereocenters.